The van der Waals surface area contributed by atoms with Gasteiger partial charge in [-0.3, -0.25) is 4.79 Å². The maximum absolute atomic E-state index is 13.2. The van der Waals surface area contributed by atoms with Crippen molar-refractivity contribution in [1.82, 2.24) is 9.62 Å². The number of morpholine rings is 1. The first-order valence-corrected chi connectivity index (χ1v) is 14.3. The highest BCUT2D eigenvalue weighted by atomic mass is 35.5. The quantitative estimate of drug-likeness (QED) is 0.486. The van der Waals surface area contributed by atoms with Crippen molar-refractivity contribution in [3.63, 3.8) is 0 Å². The van der Waals surface area contributed by atoms with Crippen molar-refractivity contribution in [2.24, 2.45) is 0 Å². The number of amides is 1. The molecule has 2 aliphatic rings. The van der Waals surface area contributed by atoms with Gasteiger partial charge in [-0.2, -0.15) is 4.31 Å². The summed E-state index contributed by atoms with van der Waals surface area (Å²) in [7, 11) is -3.95. The van der Waals surface area contributed by atoms with Crippen LogP contribution in [0.2, 0.25) is 15.1 Å². The summed E-state index contributed by atoms with van der Waals surface area (Å²) in [6, 6.07) is 10.3. The lowest BCUT2D eigenvalue weighted by molar-refractivity contribution is -0.126. The fourth-order valence-electron chi connectivity index (χ4n) is 4.37. The molecule has 2 heterocycles. The molecular formula is C24H28Cl3N3O5S. The van der Waals surface area contributed by atoms with E-state index < -0.39 is 16.1 Å². The summed E-state index contributed by atoms with van der Waals surface area (Å²) in [5.74, 6) is -0.275. The van der Waals surface area contributed by atoms with Gasteiger partial charge in [0.2, 0.25) is 15.9 Å². The molecule has 2 saturated heterocycles. The van der Waals surface area contributed by atoms with Crippen LogP contribution in [-0.4, -0.2) is 70.7 Å². The van der Waals surface area contributed by atoms with Crippen molar-refractivity contribution in [2.75, 3.05) is 51.0 Å². The van der Waals surface area contributed by atoms with Crippen LogP contribution in [-0.2, 0) is 30.8 Å². The highest BCUT2D eigenvalue weighted by Crippen LogP contribution is 2.37. The molecule has 0 bridgehead atoms. The van der Waals surface area contributed by atoms with Crippen LogP contribution < -0.4 is 10.2 Å². The predicted molar refractivity (Wildman–Crippen MR) is 141 cm³/mol. The summed E-state index contributed by atoms with van der Waals surface area (Å²) in [4.78, 5) is 14.4. The van der Waals surface area contributed by atoms with Crippen LogP contribution in [0.1, 0.15) is 18.4 Å². The highest BCUT2D eigenvalue weighted by molar-refractivity contribution is 7.89. The number of anilines is 1. The highest BCUT2D eigenvalue weighted by Gasteiger charge is 2.38. The molecule has 2 aromatic carbocycles. The molecule has 1 unspecified atom stereocenters. The third-order valence-electron chi connectivity index (χ3n) is 6.20. The first-order chi connectivity index (χ1) is 17.3. The van der Waals surface area contributed by atoms with E-state index >= 15 is 0 Å². The third-order valence-corrected chi connectivity index (χ3v) is 9.29. The van der Waals surface area contributed by atoms with E-state index in [1.165, 1.54) is 16.4 Å². The summed E-state index contributed by atoms with van der Waals surface area (Å²) in [5.41, 5.74) is 2.11. The van der Waals surface area contributed by atoms with Crippen molar-refractivity contribution in [3.05, 3.63) is 57.0 Å². The van der Waals surface area contributed by atoms with Gasteiger partial charge in [-0.15, -0.1) is 0 Å². The number of hydrogen-bond acceptors (Lipinski definition) is 6. The number of rotatable bonds is 9. The molecule has 8 nitrogen and oxygen atoms in total. The number of nitrogens with one attached hydrogen (secondary N) is 1. The Morgan fingerprint density at radius 1 is 1.06 bits per heavy atom. The van der Waals surface area contributed by atoms with Gasteiger partial charge < -0.3 is 19.7 Å². The van der Waals surface area contributed by atoms with E-state index in [0.717, 1.165) is 37.6 Å². The molecule has 0 aliphatic carbocycles. The summed E-state index contributed by atoms with van der Waals surface area (Å²) in [6.07, 6.45) is 1.28. The van der Waals surface area contributed by atoms with E-state index in [4.69, 9.17) is 44.3 Å². The minimum absolute atomic E-state index is 0.0311. The second kappa shape index (κ2) is 12.3. The molecule has 196 valence electrons. The minimum atomic E-state index is -3.95. The molecule has 0 spiro atoms. The van der Waals surface area contributed by atoms with Crippen molar-refractivity contribution < 1.29 is 22.7 Å². The van der Waals surface area contributed by atoms with Crippen molar-refractivity contribution in [1.29, 1.82) is 0 Å². The largest absolute Gasteiger partial charge is 0.378 e. The maximum atomic E-state index is 13.2. The number of carbonyl (C=O) groups excluding carboxylic acids is 1. The zero-order valence-electron chi connectivity index (χ0n) is 19.6. The van der Waals surface area contributed by atoms with Crippen LogP contribution in [0.3, 0.4) is 0 Å². The molecule has 0 radical (unpaired) electrons. The van der Waals surface area contributed by atoms with Gasteiger partial charge in [-0.25, -0.2) is 8.42 Å². The van der Waals surface area contributed by atoms with Crippen LogP contribution in [0, 0.1) is 0 Å². The van der Waals surface area contributed by atoms with Crippen LogP contribution >= 0.6 is 34.8 Å². The molecule has 1 amide bonds. The molecule has 1 atom stereocenters. The minimum Gasteiger partial charge on any atom is -0.378 e. The average Bonchev–Trinajstić information content (AvgIpc) is 3.32. The normalized spacial score (nSPS) is 19.0. The summed E-state index contributed by atoms with van der Waals surface area (Å²) in [6.45, 7) is 3.81. The Bertz CT molecular complexity index is 1150. The zero-order valence-corrected chi connectivity index (χ0v) is 22.7. The van der Waals surface area contributed by atoms with Crippen molar-refractivity contribution in [3.8, 4) is 0 Å². The number of carbonyl (C=O) groups is 1. The number of nitrogens with zero attached hydrogens (tertiary/aromatic N) is 2. The number of hydrogen-bond donors (Lipinski definition) is 1. The standard InChI is InChI=1S/C24H28Cl3N3O5S/c25-18-12-21(26)24(22(27)13-18)36(32,33)30-7-1-2-20(30)15-35-16-23(31)28-14-17-3-5-19(6-4-17)29-8-10-34-11-9-29/h3-6,12-13,20H,1-2,7-11,14-16H2,(H,28,31). The van der Waals surface area contributed by atoms with Gasteiger partial charge in [0, 0.05) is 42.9 Å². The fourth-order valence-corrected chi connectivity index (χ4v) is 7.55. The first kappa shape index (κ1) is 27.4. The van der Waals surface area contributed by atoms with Gasteiger partial charge in [0.05, 0.1) is 29.9 Å². The van der Waals surface area contributed by atoms with Gasteiger partial charge in [-0.05, 0) is 42.7 Å². The van der Waals surface area contributed by atoms with Crippen LogP contribution in [0.4, 0.5) is 5.69 Å². The van der Waals surface area contributed by atoms with Gasteiger partial charge in [0.25, 0.3) is 0 Å². The number of halogens is 3. The number of sulfonamides is 1. The smallest absolute Gasteiger partial charge is 0.246 e. The number of benzene rings is 2. The molecule has 0 aromatic heterocycles. The van der Waals surface area contributed by atoms with Crippen molar-refractivity contribution in [2.45, 2.75) is 30.3 Å². The first-order valence-electron chi connectivity index (χ1n) is 11.7. The maximum Gasteiger partial charge on any atom is 0.246 e. The number of ether oxygens (including phenoxy) is 2. The monoisotopic (exact) mass is 575 g/mol. The predicted octanol–water partition coefficient (Wildman–Crippen LogP) is 3.97. The molecule has 2 aliphatic heterocycles. The van der Waals surface area contributed by atoms with Gasteiger partial charge in [0.15, 0.2) is 0 Å². The summed E-state index contributed by atoms with van der Waals surface area (Å²) >= 11 is 18.2. The van der Waals surface area contributed by atoms with Crippen LogP contribution in [0.5, 0.6) is 0 Å². The van der Waals surface area contributed by atoms with Gasteiger partial charge in [-0.1, -0.05) is 46.9 Å². The third kappa shape index (κ3) is 6.64. The molecule has 2 aromatic rings. The summed E-state index contributed by atoms with van der Waals surface area (Å²) < 4.78 is 38.8. The molecular weight excluding hydrogens is 549 g/mol. The zero-order chi connectivity index (χ0) is 25.7. The molecule has 12 heteroatoms. The molecule has 1 N–H and O–H groups in total. The van der Waals surface area contributed by atoms with Gasteiger partial charge in [0.1, 0.15) is 11.5 Å². The van der Waals surface area contributed by atoms with E-state index in [-0.39, 0.29) is 39.1 Å². The van der Waals surface area contributed by atoms with Gasteiger partial charge >= 0.3 is 0 Å². The Morgan fingerprint density at radius 3 is 2.39 bits per heavy atom. The Labute approximate surface area is 226 Å². The Balaban J connectivity index is 1.26. The fraction of sp³-hybridized carbons (Fsp3) is 0.458. The van der Waals surface area contributed by atoms with E-state index in [1.807, 2.05) is 24.3 Å². The molecule has 2 fully saturated rings. The average molecular weight is 577 g/mol. The van der Waals surface area contributed by atoms with E-state index in [9.17, 15) is 13.2 Å². The molecule has 36 heavy (non-hydrogen) atoms. The second-order valence-corrected chi connectivity index (χ2v) is 11.7. The van der Waals surface area contributed by atoms with E-state index in [2.05, 4.69) is 10.2 Å². The van der Waals surface area contributed by atoms with E-state index in [1.54, 1.807) is 0 Å². The Hall–Kier alpha value is -1.59. The molecule has 0 saturated carbocycles. The Morgan fingerprint density at radius 2 is 1.72 bits per heavy atom. The second-order valence-electron chi connectivity index (χ2n) is 8.67. The van der Waals surface area contributed by atoms with Crippen LogP contribution in [0.25, 0.3) is 0 Å². The lowest BCUT2D eigenvalue weighted by atomic mass is 10.2. The lowest BCUT2D eigenvalue weighted by Gasteiger charge is -2.28. The van der Waals surface area contributed by atoms with Crippen LogP contribution in [0.15, 0.2) is 41.3 Å². The lowest BCUT2D eigenvalue weighted by Crippen LogP contribution is -2.39. The SMILES string of the molecule is O=C(COCC1CCCN1S(=O)(=O)c1c(Cl)cc(Cl)cc1Cl)NCc1ccc(N2CCOCC2)cc1. The van der Waals surface area contributed by atoms with E-state index in [0.29, 0.717) is 25.9 Å². The molecule has 4 rings (SSSR count). The topological polar surface area (TPSA) is 88.2 Å². The Kier molecular flexibility index (Phi) is 9.38. The van der Waals surface area contributed by atoms with Crippen molar-refractivity contribution >= 4 is 56.4 Å². The summed E-state index contributed by atoms with van der Waals surface area (Å²) in [5, 5.41) is 3.03.